The van der Waals surface area contributed by atoms with Crippen molar-refractivity contribution in [2.45, 2.75) is 43.5 Å². The van der Waals surface area contributed by atoms with E-state index in [0.29, 0.717) is 29.4 Å². The SMILES string of the molecule is CC1(C)[C@@H]2C[C@H](OC(=O)COc3ccccc3)[C@@]3(C[C@H]21)CC3(Cl)Cl. The lowest BCUT2D eigenvalue weighted by Gasteiger charge is -2.32. The largest absolute Gasteiger partial charge is 0.482 e. The Morgan fingerprint density at radius 3 is 2.50 bits per heavy atom. The molecule has 1 aromatic rings. The number of rotatable bonds is 4. The molecule has 3 fully saturated rings. The molecule has 3 aliphatic carbocycles. The molecule has 24 heavy (non-hydrogen) atoms. The molecule has 0 N–H and O–H groups in total. The fourth-order valence-corrected chi connectivity index (χ4v) is 5.52. The number of alkyl halides is 2. The summed E-state index contributed by atoms with van der Waals surface area (Å²) in [6.07, 6.45) is 2.31. The average molecular weight is 369 g/mol. The van der Waals surface area contributed by atoms with E-state index in [1.807, 2.05) is 30.3 Å². The van der Waals surface area contributed by atoms with E-state index >= 15 is 0 Å². The highest BCUT2D eigenvalue weighted by Crippen LogP contribution is 2.79. The molecule has 3 nitrogen and oxygen atoms in total. The molecular weight excluding hydrogens is 347 g/mol. The molecule has 0 unspecified atom stereocenters. The summed E-state index contributed by atoms with van der Waals surface area (Å²) in [5.74, 6) is 1.55. The summed E-state index contributed by atoms with van der Waals surface area (Å²) < 4.78 is 10.5. The van der Waals surface area contributed by atoms with Crippen LogP contribution in [-0.2, 0) is 9.53 Å². The summed E-state index contributed by atoms with van der Waals surface area (Å²) in [4.78, 5) is 12.3. The molecule has 0 saturated heterocycles. The first-order chi connectivity index (χ1) is 11.3. The molecule has 0 heterocycles. The second-order valence-electron chi connectivity index (χ2n) is 8.09. The van der Waals surface area contributed by atoms with Gasteiger partial charge < -0.3 is 9.47 Å². The van der Waals surface area contributed by atoms with Crippen LogP contribution in [0.2, 0.25) is 0 Å². The first kappa shape index (κ1) is 16.5. The summed E-state index contributed by atoms with van der Waals surface area (Å²) in [5, 5.41) is 0. The third-order valence-corrected chi connectivity index (χ3v) is 7.49. The predicted octanol–water partition coefficient (Wildman–Crippen LogP) is 4.61. The molecule has 0 aromatic heterocycles. The normalized spacial score (nSPS) is 37.4. The molecule has 0 amide bonds. The minimum absolute atomic E-state index is 0.0916. The first-order valence-corrected chi connectivity index (χ1v) is 9.27. The molecule has 0 radical (unpaired) electrons. The third kappa shape index (κ3) is 2.52. The lowest BCUT2D eigenvalue weighted by Crippen LogP contribution is -2.37. The summed E-state index contributed by atoms with van der Waals surface area (Å²) in [6.45, 7) is 4.47. The summed E-state index contributed by atoms with van der Waals surface area (Å²) in [5.41, 5.74) is 0.0363. The molecule has 130 valence electrons. The van der Waals surface area contributed by atoms with Crippen molar-refractivity contribution in [3.05, 3.63) is 30.3 Å². The van der Waals surface area contributed by atoms with E-state index in [1.54, 1.807) is 0 Å². The van der Waals surface area contributed by atoms with E-state index in [9.17, 15) is 4.79 Å². The van der Waals surface area contributed by atoms with Gasteiger partial charge >= 0.3 is 5.97 Å². The van der Waals surface area contributed by atoms with Gasteiger partial charge in [-0.3, -0.25) is 0 Å². The van der Waals surface area contributed by atoms with Crippen LogP contribution in [0.1, 0.15) is 33.1 Å². The number of carbonyl (C=O) groups is 1. The van der Waals surface area contributed by atoms with E-state index in [2.05, 4.69) is 13.8 Å². The topological polar surface area (TPSA) is 35.5 Å². The van der Waals surface area contributed by atoms with Gasteiger partial charge in [0, 0.05) is 5.41 Å². The van der Waals surface area contributed by atoms with Gasteiger partial charge in [0.2, 0.25) is 0 Å². The maximum atomic E-state index is 12.3. The highest BCUT2D eigenvalue weighted by atomic mass is 35.5. The number of esters is 1. The van der Waals surface area contributed by atoms with Crippen LogP contribution in [0.15, 0.2) is 30.3 Å². The molecule has 4 atom stereocenters. The average Bonchev–Trinajstić information content (AvgIpc) is 3.28. The Morgan fingerprint density at radius 2 is 1.88 bits per heavy atom. The van der Waals surface area contributed by atoms with Crippen LogP contribution in [0.4, 0.5) is 0 Å². The van der Waals surface area contributed by atoms with Gasteiger partial charge in [-0.1, -0.05) is 32.0 Å². The van der Waals surface area contributed by atoms with Crippen molar-refractivity contribution in [3.63, 3.8) is 0 Å². The number of fused-ring (bicyclic) bond motifs is 1. The molecule has 5 heteroatoms. The number of carbonyl (C=O) groups excluding carboxylic acids is 1. The number of hydrogen-bond acceptors (Lipinski definition) is 3. The van der Waals surface area contributed by atoms with Crippen LogP contribution < -0.4 is 4.74 Å². The smallest absolute Gasteiger partial charge is 0.344 e. The van der Waals surface area contributed by atoms with Crippen molar-refractivity contribution in [1.82, 2.24) is 0 Å². The van der Waals surface area contributed by atoms with Gasteiger partial charge in [0.25, 0.3) is 0 Å². The number of benzene rings is 1. The first-order valence-electron chi connectivity index (χ1n) is 8.51. The molecule has 0 aliphatic heterocycles. The van der Waals surface area contributed by atoms with Gasteiger partial charge in [-0.05, 0) is 48.6 Å². The quantitative estimate of drug-likeness (QED) is 0.575. The molecule has 4 rings (SSSR count). The highest BCUT2D eigenvalue weighted by Gasteiger charge is 2.78. The Morgan fingerprint density at radius 1 is 1.21 bits per heavy atom. The molecule has 1 spiro atoms. The van der Waals surface area contributed by atoms with E-state index in [1.165, 1.54) is 0 Å². The van der Waals surface area contributed by atoms with E-state index < -0.39 is 4.33 Å². The van der Waals surface area contributed by atoms with Crippen molar-refractivity contribution in [2.75, 3.05) is 6.61 Å². The Bertz CT molecular complexity index is 658. The number of ether oxygens (including phenoxy) is 2. The zero-order valence-corrected chi connectivity index (χ0v) is 15.4. The van der Waals surface area contributed by atoms with Crippen LogP contribution in [0.5, 0.6) is 5.75 Å². The monoisotopic (exact) mass is 368 g/mol. The molecule has 3 aliphatic rings. The number of hydrogen-bond donors (Lipinski definition) is 0. The Labute approximate surface area is 152 Å². The van der Waals surface area contributed by atoms with E-state index in [0.717, 1.165) is 12.8 Å². The fourth-order valence-electron chi connectivity index (χ4n) is 4.65. The third-order valence-electron chi connectivity index (χ3n) is 6.47. The molecular formula is C19H22Cl2O3. The molecule has 0 bridgehead atoms. The molecule has 3 saturated carbocycles. The summed E-state index contributed by atoms with van der Waals surface area (Å²) >= 11 is 12.9. The van der Waals surface area contributed by atoms with Crippen molar-refractivity contribution in [2.24, 2.45) is 22.7 Å². The zero-order valence-electron chi connectivity index (χ0n) is 13.9. The van der Waals surface area contributed by atoms with Crippen LogP contribution in [0.25, 0.3) is 0 Å². The van der Waals surface area contributed by atoms with Gasteiger partial charge in [0.05, 0.1) is 0 Å². The van der Waals surface area contributed by atoms with Gasteiger partial charge in [0.15, 0.2) is 6.61 Å². The Hall–Kier alpha value is -0.930. The molecule has 1 aromatic carbocycles. The second-order valence-corrected chi connectivity index (χ2v) is 9.58. The van der Waals surface area contributed by atoms with Crippen LogP contribution in [-0.4, -0.2) is 23.0 Å². The second kappa shape index (κ2) is 5.28. The lowest BCUT2D eigenvalue weighted by molar-refractivity contribution is -0.157. The van der Waals surface area contributed by atoms with Gasteiger partial charge in [-0.15, -0.1) is 23.2 Å². The lowest BCUT2D eigenvalue weighted by atomic mass is 9.83. The minimum Gasteiger partial charge on any atom is -0.482 e. The summed E-state index contributed by atoms with van der Waals surface area (Å²) in [6, 6.07) is 9.27. The Balaban J connectivity index is 1.40. The van der Waals surface area contributed by atoms with Crippen molar-refractivity contribution in [3.8, 4) is 5.75 Å². The summed E-state index contributed by atoms with van der Waals surface area (Å²) in [7, 11) is 0. The van der Waals surface area contributed by atoms with Crippen LogP contribution in [0.3, 0.4) is 0 Å². The maximum Gasteiger partial charge on any atom is 0.344 e. The van der Waals surface area contributed by atoms with Gasteiger partial charge in [-0.25, -0.2) is 4.79 Å². The van der Waals surface area contributed by atoms with Gasteiger partial charge in [0.1, 0.15) is 16.2 Å². The standard InChI is InChI=1S/C19H22Cl2O3/c1-17(2)13-8-15(18(9-14(13)17)11-19(18,20)21)24-16(22)10-23-12-6-4-3-5-7-12/h3-7,13-15H,8-11H2,1-2H3/t13-,14-,15+,18-/m1/s1. The van der Waals surface area contributed by atoms with E-state index in [-0.39, 0.29) is 24.1 Å². The number of para-hydroxylation sites is 1. The number of halogens is 2. The maximum absolute atomic E-state index is 12.3. The van der Waals surface area contributed by atoms with Crippen molar-refractivity contribution < 1.29 is 14.3 Å². The van der Waals surface area contributed by atoms with E-state index in [4.69, 9.17) is 32.7 Å². The highest BCUT2D eigenvalue weighted by molar-refractivity contribution is 6.51. The zero-order chi connectivity index (χ0) is 17.2. The minimum atomic E-state index is -0.762. The van der Waals surface area contributed by atoms with Crippen LogP contribution >= 0.6 is 23.2 Å². The van der Waals surface area contributed by atoms with Crippen molar-refractivity contribution in [1.29, 1.82) is 0 Å². The van der Waals surface area contributed by atoms with Crippen LogP contribution in [0, 0.1) is 22.7 Å². The Kier molecular flexibility index (Phi) is 3.64. The fraction of sp³-hybridized carbons (Fsp3) is 0.632. The van der Waals surface area contributed by atoms with Gasteiger partial charge in [-0.2, -0.15) is 0 Å². The predicted molar refractivity (Wildman–Crippen MR) is 93.3 cm³/mol. The van der Waals surface area contributed by atoms with Crippen molar-refractivity contribution >= 4 is 29.2 Å².